The maximum atomic E-state index is 6.12. The van der Waals surface area contributed by atoms with Crippen molar-refractivity contribution in [2.24, 2.45) is 0 Å². The fourth-order valence-electron chi connectivity index (χ4n) is 6.19. The monoisotopic (exact) mass is 683 g/mol. The van der Waals surface area contributed by atoms with Gasteiger partial charge in [-0.25, -0.2) is 0 Å². The minimum absolute atomic E-state index is 0. The molecule has 0 fully saturated rings. The van der Waals surface area contributed by atoms with E-state index in [2.05, 4.69) is 113 Å². The normalized spacial score (nSPS) is 12.2. The number of hydrogen-bond acceptors (Lipinski definition) is 2. The van der Waals surface area contributed by atoms with Crippen molar-refractivity contribution in [3.05, 3.63) is 121 Å². The maximum absolute atomic E-state index is 6.12. The molecule has 1 radical (unpaired) electrons. The van der Waals surface area contributed by atoms with Gasteiger partial charge in [0.05, 0.1) is 11.2 Å². The van der Waals surface area contributed by atoms with Crippen LogP contribution in [0, 0.1) is 6.26 Å². The Labute approximate surface area is 238 Å². The molecule has 0 aliphatic rings. The van der Waals surface area contributed by atoms with E-state index in [9.17, 15) is 0 Å². The zero-order valence-corrected chi connectivity index (χ0v) is 23.9. The number of imidazole rings is 1. The molecule has 0 spiro atoms. The molecule has 39 heavy (non-hydrogen) atoms. The van der Waals surface area contributed by atoms with Gasteiger partial charge in [-0.2, -0.15) is 0 Å². The van der Waals surface area contributed by atoms with Crippen molar-refractivity contribution >= 4 is 49.1 Å². The van der Waals surface area contributed by atoms with Gasteiger partial charge in [-0.1, -0.05) is 89.6 Å². The Morgan fingerprint density at radius 3 is 2.13 bits per heavy atom. The number of furan rings is 1. The molecule has 191 valence electrons. The van der Waals surface area contributed by atoms with Gasteiger partial charge in [0.1, 0.15) is 0 Å². The number of pyridine rings is 1. The van der Waals surface area contributed by atoms with Crippen molar-refractivity contribution in [1.29, 1.82) is 0 Å². The largest absolute Gasteiger partial charge is 0.557 e. The van der Waals surface area contributed by atoms with Crippen LogP contribution in [0.4, 0.5) is 0 Å². The van der Waals surface area contributed by atoms with Crippen molar-refractivity contribution in [1.82, 2.24) is 14.0 Å². The molecule has 0 amide bonds. The molecule has 5 heteroatoms. The van der Waals surface area contributed by atoms with E-state index in [1.807, 2.05) is 30.6 Å². The van der Waals surface area contributed by atoms with Crippen LogP contribution in [0.5, 0.6) is 0 Å². The minimum atomic E-state index is -0.326. The average Bonchev–Trinajstić information content (AvgIpc) is 3.69. The third-order valence-corrected chi connectivity index (χ3v) is 8.00. The van der Waals surface area contributed by atoms with Crippen LogP contribution >= 0.6 is 0 Å². The summed E-state index contributed by atoms with van der Waals surface area (Å²) >= 11 is 0. The summed E-state index contributed by atoms with van der Waals surface area (Å²) in [5.74, 6) is 0.822. The Balaban J connectivity index is 0.00000253. The number of hydrogen-bond donors (Lipinski definition) is 0. The van der Waals surface area contributed by atoms with E-state index in [-0.39, 0.29) is 25.6 Å². The van der Waals surface area contributed by atoms with Crippen LogP contribution in [0.1, 0.15) is 19.4 Å². The van der Waals surface area contributed by atoms with E-state index < -0.39 is 0 Å². The average molecular weight is 683 g/mol. The van der Waals surface area contributed by atoms with Crippen LogP contribution in [0.3, 0.4) is 0 Å². The van der Waals surface area contributed by atoms with Crippen molar-refractivity contribution in [3.8, 4) is 11.3 Å². The molecular formula is C34H24IrN3O-. The van der Waals surface area contributed by atoms with Gasteiger partial charge in [0.15, 0.2) is 0 Å². The molecule has 0 unspecified atom stereocenters. The van der Waals surface area contributed by atoms with Gasteiger partial charge < -0.3 is 13.4 Å². The van der Waals surface area contributed by atoms with Gasteiger partial charge >= 0.3 is 0 Å². The topological polar surface area (TPSA) is 35.4 Å². The van der Waals surface area contributed by atoms with Crippen LogP contribution < -0.4 is 0 Å². The second-order valence-electron chi connectivity index (χ2n) is 10.4. The number of aromatic nitrogens is 3. The standard InChI is InChI=1S/C34H24N3O.Ir/c1-34(2,37-29-14-8-6-12-24(29)25-13-7-9-15-30(25)37)23-16-17-28-26(20-23)31-27(33-35-18-19-36(28)33)21-38-32(31)22-10-4-3-5-11-22;/h3-20H,1-2H3;/q-1;. The second kappa shape index (κ2) is 8.67. The number of benzene rings is 4. The first-order valence-electron chi connectivity index (χ1n) is 12.9. The Morgan fingerprint density at radius 1 is 0.744 bits per heavy atom. The van der Waals surface area contributed by atoms with Gasteiger partial charge in [-0.15, -0.1) is 0 Å². The van der Waals surface area contributed by atoms with E-state index in [4.69, 9.17) is 4.42 Å². The predicted molar refractivity (Wildman–Crippen MR) is 155 cm³/mol. The molecule has 0 saturated carbocycles. The molecule has 0 aliphatic carbocycles. The third-order valence-electron chi connectivity index (χ3n) is 8.00. The van der Waals surface area contributed by atoms with Crippen LogP contribution in [0.25, 0.3) is 60.5 Å². The van der Waals surface area contributed by atoms with Gasteiger partial charge in [-0.3, -0.25) is 4.98 Å². The van der Waals surface area contributed by atoms with Crippen LogP contribution in [0.15, 0.2) is 114 Å². The predicted octanol–water partition coefficient (Wildman–Crippen LogP) is 8.59. The fraction of sp³-hybridized carbons (Fsp3) is 0.0882. The SMILES string of the molecule is CC(C)(c1ccc2c(c1)c1c(-c3ccccc3)o[c-]c1c1nccn21)n1c2ccccc2c2ccccc21.[Ir]. The number of nitrogens with zero attached hydrogens (tertiary/aromatic N) is 3. The van der Waals surface area contributed by atoms with E-state index in [0.29, 0.717) is 0 Å². The molecular weight excluding hydrogens is 659 g/mol. The first-order valence-corrected chi connectivity index (χ1v) is 12.9. The number of rotatable bonds is 3. The zero-order valence-electron chi connectivity index (χ0n) is 21.5. The van der Waals surface area contributed by atoms with Crippen molar-refractivity contribution in [2.75, 3.05) is 0 Å². The van der Waals surface area contributed by atoms with E-state index in [0.717, 1.165) is 38.6 Å². The first kappa shape index (κ1) is 23.9. The molecule has 8 aromatic rings. The molecule has 0 N–H and O–H groups in total. The quantitative estimate of drug-likeness (QED) is 0.175. The Bertz CT molecular complexity index is 2110. The van der Waals surface area contributed by atoms with Crippen LogP contribution in [-0.4, -0.2) is 14.0 Å². The summed E-state index contributed by atoms with van der Waals surface area (Å²) in [5, 5.41) is 5.61. The van der Waals surface area contributed by atoms with Gasteiger partial charge in [0.2, 0.25) is 0 Å². The maximum Gasteiger partial charge on any atom is 0.0646 e. The molecule has 0 saturated heterocycles. The molecule has 4 aromatic heterocycles. The van der Waals surface area contributed by atoms with Crippen LogP contribution in [0.2, 0.25) is 0 Å². The smallest absolute Gasteiger partial charge is 0.0646 e. The van der Waals surface area contributed by atoms with Crippen molar-refractivity contribution in [3.63, 3.8) is 0 Å². The molecule has 4 nitrogen and oxygen atoms in total. The molecule has 4 aromatic carbocycles. The number of fused-ring (bicyclic) bond motifs is 9. The van der Waals surface area contributed by atoms with Gasteiger partial charge in [0, 0.05) is 71.8 Å². The molecule has 4 heterocycles. The summed E-state index contributed by atoms with van der Waals surface area (Å²) in [5.41, 5.74) is 6.34. The van der Waals surface area contributed by atoms with Gasteiger partial charge in [-0.05, 0) is 48.6 Å². The third kappa shape index (κ3) is 3.30. The van der Waals surface area contributed by atoms with E-state index >= 15 is 0 Å². The molecule has 0 bridgehead atoms. The summed E-state index contributed by atoms with van der Waals surface area (Å²) in [6.45, 7) is 4.61. The molecule has 0 atom stereocenters. The van der Waals surface area contributed by atoms with Gasteiger partial charge in [0.25, 0.3) is 0 Å². The summed E-state index contributed by atoms with van der Waals surface area (Å²) in [7, 11) is 0. The van der Waals surface area contributed by atoms with E-state index in [1.54, 1.807) is 0 Å². The Kier molecular flexibility index (Phi) is 5.31. The Morgan fingerprint density at radius 2 is 1.41 bits per heavy atom. The van der Waals surface area contributed by atoms with Crippen molar-refractivity contribution < 1.29 is 24.5 Å². The minimum Gasteiger partial charge on any atom is -0.557 e. The summed E-state index contributed by atoms with van der Waals surface area (Å²) in [4.78, 5) is 4.65. The molecule has 8 rings (SSSR count). The van der Waals surface area contributed by atoms with Crippen LogP contribution in [-0.2, 0) is 25.6 Å². The summed E-state index contributed by atoms with van der Waals surface area (Å²) < 4.78 is 10.7. The second-order valence-corrected chi connectivity index (χ2v) is 10.4. The fourth-order valence-corrected chi connectivity index (χ4v) is 6.19. The first-order chi connectivity index (χ1) is 18.6. The summed E-state index contributed by atoms with van der Waals surface area (Å²) in [6, 6.07) is 34.5. The zero-order chi connectivity index (χ0) is 25.4. The Hall–Kier alpha value is -4.18. The van der Waals surface area contributed by atoms with Crippen molar-refractivity contribution in [2.45, 2.75) is 19.4 Å². The summed E-state index contributed by atoms with van der Waals surface area (Å²) in [6.07, 6.45) is 7.03. The molecule has 0 aliphatic heterocycles. The van der Waals surface area contributed by atoms with E-state index in [1.165, 1.54) is 27.4 Å². The number of para-hydroxylation sites is 2.